The zero-order chi connectivity index (χ0) is 9.14. The molecule has 0 aromatic carbocycles. The van der Waals surface area contributed by atoms with E-state index in [0.717, 1.165) is 17.8 Å². The zero-order valence-electron chi connectivity index (χ0n) is 8.77. The summed E-state index contributed by atoms with van der Waals surface area (Å²) in [6.45, 7) is 11.0. The molecule has 12 heavy (non-hydrogen) atoms. The highest BCUT2D eigenvalue weighted by Gasteiger charge is 2.26. The van der Waals surface area contributed by atoms with Gasteiger partial charge < -0.3 is 0 Å². The molecule has 3 unspecified atom stereocenters. The first-order valence-corrected chi connectivity index (χ1v) is 5.30. The second-order valence-electron chi connectivity index (χ2n) is 4.50. The van der Waals surface area contributed by atoms with Gasteiger partial charge in [-0.15, -0.1) is 0 Å². The highest BCUT2D eigenvalue weighted by atomic mass is 14.3. The summed E-state index contributed by atoms with van der Waals surface area (Å²) in [5.74, 6) is 2.73. The average molecular weight is 166 g/mol. The van der Waals surface area contributed by atoms with Crippen molar-refractivity contribution < 1.29 is 0 Å². The molecule has 0 saturated heterocycles. The molecule has 0 aliphatic heterocycles. The van der Waals surface area contributed by atoms with E-state index in [-0.39, 0.29) is 0 Å². The first-order valence-electron chi connectivity index (χ1n) is 5.30. The van der Waals surface area contributed by atoms with Crippen molar-refractivity contribution in [1.82, 2.24) is 0 Å². The van der Waals surface area contributed by atoms with Crippen molar-refractivity contribution in [3.8, 4) is 0 Å². The second kappa shape index (κ2) is 4.11. The molecule has 0 nitrogen and oxygen atoms in total. The van der Waals surface area contributed by atoms with E-state index < -0.39 is 0 Å². The smallest absolute Gasteiger partial charge is 0.0206 e. The Morgan fingerprint density at radius 3 is 2.58 bits per heavy atom. The van der Waals surface area contributed by atoms with Crippen LogP contribution in [-0.4, -0.2) is 0 Å². The fourth-order valence-corrected chi connectivity index (χ4v) is 2.43. The molecule has 1 fully saturated rings. The summed E-state index contributed by atoms with van der Waals surface area (Å²) in [4.78, 5) is 0. The van der Waals surface area contributed by atoms with E-state index in [1.54, 1.807) is 0 Å². The van der Waals surface area contributed by atoms with E-state index in [0.29, 0.717) is 0 Å². The van der Waals surface area contributed by atoms with Crippen LogP contribution in [-0.2, 0) is 0 Å². The summed E-state index contributed by atoms with van der Waals surface area (Å²) in [5, 5.41) is 0. The molecule has 0 N–H and O–H groups in total. The molecule has 70 valence electrons. The van der Waals surface area contributed by atoms with Gasteiger partial charge in [0, 0.05) is 0 Å². The summed E-state index contributed by atoms with van der Waals surface area (Å²) in [6, 6.07) is 0. The standard InChI is InChI=1S/C12H22/c1-5-11-8-12(9(2)3)7-6-10(11)4/h10-12H,2,5-8H2,1,3-4H3. The van der Waals surface area contributed by atoms with E-state index in [1.165, 1.54) is 31.3 Å². The SMILES string of the molecule is C=C(C)C1CCC(C)C(CC)C1. The van der Waals surface area contributed by atoms with Crippen LogP contribution in [0.1, 0.15) is 46.5 Å². The molecular weight excluding hydrogens is 144 g/mol. The van der Waals surface area contributed by atoms with Gasteiger partial charge in [0.05, 0.1) is 0 Å². The molecule has 1 saturated carbocycles. The van der Waals surface area contributed by atoms with Gasteiger partial charge in [-0.2, -0.15) is 0 Å². The first kappa shape index (κ1) is 9.83. The lowest BCUT2D eigenvalue weighted by Crippen LogP contribution is -2.22. The Morgan fingerprint density at radius 2 is 2.08 bits per heavy atom. The molecule has 0 aromatic rings. The minimum atomic E-state index is 0.825. The Morgan fingerprint density at radius 1 is 1.42 bits per heavy atom. The van der Waals surface area contributed by atoms with Crippen LogP contribution < -0.4 is 0 Å². The fourth-order valence-electron chi connectivity index (χ4n) is 2.43. The highest BCUT2D eigenvalue weighted by molar-refractivity contribution is 4.99. The molecule has 1 aliphatic rings. The van der Waals surface area contributed by atoms with Gasteiger partial charge in [-0.25, -0.2) is 0 Å². The van der Waals surface area contributed by atoms with Crippen LogP contribution in [0.25, 0.3) is 0 Å². The summed E-state index contributed by atoms with van der Waals surface area (Å²) in [6.07, 6.45) is 5.54. The van der Waals surface area contributed by atoms with Crippen molar-refractivity contribution in [3.63, 3.8) is 0 Å². The quantitative estimate of drug-likeness (QED) is 0.543. The van der Waals surface area contributed by atoms with Gasteiger partial charge in [-0.3, -0.25) is 0 Å². The number of hydrogen-bond acceptors (Lipinski definition) is 0. The van der Waals surface area contributed by atoms with Crippen LogP contribution in [0, 0.1) is 17.8 Å². The van der Waals surface area contributed by atoms with Gasteiger partial charge in [0.15, 0.2) is 0 Å². The van der Waals surface area contributed by atoms with Crippen molar-refractivity contribution in [3.05, 3.63) is 12.2 Å². The van der Waals surface area contributed by atoms with E-state index in [2.05, 4.69) is 27.4 Å². The van der Waals surface area contributed by atoms with Crippen LogP contribution in [0.4, 0.5) is 0 Å². The summed E-state index contributed by atoms with van der Waals surface area (Å²) in [7, 11) is 0. The Kier molecular flexibility index (Phi) is 3.37. The third-order valence-electron chi connectivity index (χ3n) is 3.58. The lowest BCUT2D eigenvalue weighted by Gasteiger charge is -2.34. The van der Waals surface area contributed by atoms with Crippen molar-refractivity contribution in [2.24, 2.45) is 17.8 Å². The third kappa shape index (κ3) is 2.12. The Bertz CT molecular complexity index is 157. The fraction of sp³-hybridized carbons (Fsp3) is 0.833. The van der Waals surface area contributed by atoms with Gasteiger partial charge >= 0.3 is 0 Å². The molecule has 0 aromatic heterocycles. The first-order chi connectivity index (χ1) is 5.65. The Labute approximate surface area is 77.1 Å². The molecule has 0 bridgehead atoms. The normalized spacial score (nSPS) is 36.4. The second-order valence-corrected chi connectivity index (χ2v) is 4.50. The average Bonchev–Trinajstić information content (AvgIpc) is 2.05. The van der Waals surface area contributed by atoms with E-state index in [9.17, 15) is 0 Å². The summed E-state index contributed by atoms with van der Waals surface area (Å²) < 4.78 is 0. The monoisotopic (exact) mass is 166 g/mol. The van der Waals surface area contributed by atoms with Gasteiger partial charge in [-0.05, 0) is 43.9 Å². The lowest BCUT2D eigenvalue weighted by atomic mass is 9.72. The van der Waals surface area contributed by atoms with Crippen LogP contribution in [0.15, 0.2) is 12.2 Å². The van der Waals surface area contributed by atoms with E-state index in [1.807, 2.05) is 0 Å². The maximum absolute atomic E-state index is 4.07. The lowest BCUT2D eigenvalue weighted by molar-refractivity contribution is 0.207. The molecule has 1 rings (SSSR count). The zero-order valence-corrected chi connectivity index (χ0v) is 8.77. The van der Waals surface area contributed by atoms with Gasteiger partial charge in [0.2, 0.25) is 0 Å². The maximum Gasteiger partial charge on any atom is -0.0206 e. The van der Waals surface area contributed by atoms with Gasteiger partial charge in [0.25, 0.3) is 0 Å². The Balaban J connectivity index is 2.49. The maximum atomic E-state index is 4.07. The van der Waals surface area contributed by atoms with Crippen molar-refractivity contribution in [2.45, 2.75) is 46.5 Å². The Hall–Kier alpha value is -0.260. The topological polar surface area (TPSA) is 0 Å². The van der Waals surface area contributed by atoms with Gasteiger partial charge in [0.1, 0.15) is 0 Å². The summed E-state index contributed by atoms with van der Waals surface area (Å²) >= 11 is 0. The number of hydrogen-bond donors (Lipinski definition) is 0. The minimum absolute atomic E-state index is 0.825. The van der Waals surface area contributed by atoms with Crippen LogP contribution in [0.2, 0.25) is 0 Å². The molecule has 0 amide bonds. The molecule has 3 atom stereocenters. The van der Waals surface area contributed by atoms with Crippen LogP contribution >= 0.6 is 0 Å². The molecule has 0 radical (unpaired) electrons. The number of allylic oxidation sites excluding steroid dienone is 1. The van der Waals surface area contributed by atoms with E-state index >= 15 is 0 Å². The minimum Gasteiger partial charge on any atom is -0.0999 e. The van der Waals surface area contributed by atoms with Crippen LogP contribution in [0.5, 0.6) is 0 Å². The van der Waals surface area contributed by atoms with Crippen molar-refractivity contribution in [1.29, 1.82) is 0 Å². The molecule has 0 spiro atoms. The predicted octanol–water partition coefficient (Wildman–Crippen LogP) is 4.02. The molecule has 1 aliphatic carbocycles. The molecule has 0 heteroatoms. The largest absolute Gasteiger partial charge is 0.0999 e. The predicted molar refractivity (Wildman–Crippen MR) is 55.1 cm³/mol. The molecule has 0 heterocycles. The van der Waals surface area contributed by atoms with E-state index in [4.69, 9.17) is 0 Å². The van der Waals surface area contributed by atoms with Crippen molar-refractivity contribution >= 4 is 0 Å². The van der Waals surface area contributed by atoms with Crippen LogP contribution in [0.3, 0.4) is 0 Å². The van der Waals surface area contributed by atoms with Crippen molar-refractivity contribution in [2.75, 3.05) is 0 Å². The highest BCUT2D eigenvalue weighted by Crippen LogP contribution is 2.37. The molecular formula is C12H22. The summed E-state index contributed by atoms with van der Waals surface area (Å²) in [5.41, 5.74) is 1.40. The van der Waals surface area contributed by atoms with Gasteiger partial charge in [-0.1, -0.05) is 32.4 Å². The third-order valence-corrected chi connectivity index (χ3v) is 3.58. The number of rotatable bonds is 2.